The molecule has 2 aromatic carbocycles. The SMILES string of the molecule is CNC(C)c1ccc(Oc2ccc(C(N)=O)cc2)c(Cl)c1. The number of ether oxygens (including phenoxy) is 1. The topological polar surface area (TPSA) is 64.3 Å². The van der Waals surface area contributed by atoms with Gasteiger partial charge in [-0.15, -0.1) is 0 Å². The normalized spacial score (nSPS) is 12.0. The monoisotopic (exact) mass is 304 g/mol. The van der Waals surface area contributed by atoms with Crippen molar-refractivity contribution in [3.8, 4) is 11.5 Å². The molecule has 1 atom stereocenters. The number of halogens is 1. The van der Waals surface area contributed by atoms with Crippen LogP contribution in [0.2, 0.25) is 5.02 Å². The van der Waals surface area contributed by atoms with Crippen molar-refractivity contribution in [2.24, 2.45) is 5.73 Å². The van der Waals surface area contributed by atoms with Gasteiger partial charge in [0.15, 0.2) is 0 Å². The van der Waals surface area contributed by atoms with E-state index in [1.54, 1.807) is 24.3 Å². The number of carbonyl (C=O) groups excluding carboxylic acids is 1. The van der Waals surface area contributed by atoms with Crippen molar-refractivity contribution in [2.45, 2.75) is 13.0 Å². The van der Waals surface area contributed by atoms with E-state index in [2.05, 4.69) is 12.2 Å². The van der Waals surface area contributed by atoms with E-state index in [1.165, 1.54) is 0 Å². The van der Waals surface area contributed by atoms with E-state index < -0.39 is 5.91 Å². The minimum atomic E-state index is -0.468. The fourth-order valence-corrected chi connectivity index (χ4v) is 2.08. The Morgan fingerprint density at radius 3 is 2.43 bits per heavy atom. The summed E-state index contributed by atoms with van der Waals surface area (Å²) in [5.41, 5.74) is 6.71. The van der Waals surface area contributed by atoms with Crippen LogP contribution in [0.25, 0.3) is 0 Å². The molecule has 110 valence electrons. The van der Waals surface area contributed by atoms with E-state index in [0.29, 0.717) is 22.1 Å². The highest BCUT2D eigenvalue weighted by Crippen LogP contribution is 2.31. The van der Waals surface area contributed by atoms with Crippen molar-refractivity contribution in [3.63, 3.8) is 0 Å². The number of benzene rings is 2. The van der Waals surface area contributed by atoms with Crippen molar-refractivity contribution in [3.05, 3.63) is 58.6 Å². The number of nitrogens with two attached hydrogens (primary N) is 1. The van der Waals surface area contributed by atoms with Gasteiger partial charge < -0.3 is 15.8 Å². The van der Waals surface area contributed by atoms with Crippen molar-refractivity contribution >= 4 is 17.5 Å². The maximum Gasteiger partial charge on any atom is 0.248 e. The van der Waals surface area contributed by atoms with Gasteiger partial charge in [0.25, 0.3) is 0 Å². The molecule has 21 heavy (non-hydrogen) atoms. The van der Waals surface area contributed by atoms with Gasteiger partial charge in [0.05, 0.1) is 5.02 Å². The van der Waals surface area contributed by atoms with Crippen molar-refractivity contribution in [2.75, 3.05) is 7.05 Å². The van der Waals surface area contributed by atoms with Crippen molar-refractivity contribution in [1.29, 1.82) is 0 Å². The zero-order valence-corrected chi connectivity index (χ0v) is 12.6. The highest BCUT2D eigenvalue weighted by molar-refractivity contribution is 6.32. The summed E-state index contributed by atoms with van der Waals surface area (Å²) in [6, 6.07) is 12.5. The predicted octanol–water partition coefficient (Wildman–Crippen LogP) is 3.51. The van der Waals surface area contributed by atoms with Gasteiger partial charge in [-0.2, -0.15) is 0 Å². The Morgan fingerprint density at radius 1 is 1.24 bits per heavy atom. The van der Waals surface area contributed by atoms with Gasteiger partial charge in [0, 0.05) is 11.6 Å². The number of rotatable bonds is 5. The molecule has 0 aliphatic rings. The second-order valence-corrected chi connectivity index (χ2v) is 5.10. The molecular formula is C16H17ClN2O2. The molecule has 1 unspecified atom stereocenters. The standard InChI is InChI=1S/C16H17ClN2O2/c1-10(19-2)12-5-8-15(14(17)9-12)21-13-6-3-11(4-7-13)16(18)20/h3-10,19H,1-2H3,(H2,18,20). The van der Waals surface area contributed by atoms with E-state index in [0.717, 1.165) is 5.56 Å². The minimum Gasteiger partial charge on any atom is -0.456 e. The maximum absolute atomic E-state index is 11.0. The maximum atomic E-state index is 11.0. The lowest BCUT2D eigenvalue weighted by atomic mass is 10.1. The van der Waals surface area contributed by atoms with Crippen LogP contribution in [-0.2, 0) is 0 Å². The molecule has 0 aromatic heterocycles. The Morgan fingerprint density at radius 2 is 1.90 bits per heavy atom. The first-order valence-corrected chi connectivity index (χ1v) is 6.93. The number of carbonyl (C=O) groups is 1. The Hall–Kier alpha value is -2.04. The molecule has 0 radical (unpaired) electrons. The molecule has 0 aliphatic carbocycles. The van der Waals surface area contributed by atoms with E-state index in [-0.39, 0.29) is 6.04 Å². The van der Waals surface area contributed by atoms with Crippen LogP contribution in [0, 0.1) is 0 Å². The molecule has 2 aromatic rings. The molecular weight excluding hydrogens is 288 g/mol. The van der Waals surface area contributed by atoms with Crippen LogP contribution in [0.15, 0.2) is 42.5 Å². The van der Waals surface area contributed by atoms with Gasteiger partial charge in [-0.05, 0) is 55.9 Å². The quantitative estimate of drug-likeness (QED) is 0.888. The molecule has 0 fully saturated rings. The summed E-state index contributed by atoms with van der Waals surface area (Å²) in [6.45, 7) is 2.05. The van der Waals surface area contributed by atoms with E-state index >= 15 is 0 Å². The van der Waals surface area contributed by atoms with Crippen molar-refractivity contribution in [1.82, 2.24) is 5.32 Å². The smallest absolute Gasteiger partial charge is 0.248 e. The van der Waals surface area contributed by atoms with Gasteiger partial charge in [-0.25, -0.2) is 0 Å². The van der Waals surface area contributed by atoms with Crippen LogP contribution < -0.4 is 15.8 Å². The number of hydrogen-bond acceptors (Lipinski definition) is 3. The zero-order chi connectivity index (χ0) is 15.4. The average molecular weight is 305 g/mol. The molecule has 0 heterocycles. The Kier molecular flexibility index (Phi) is 4.83. The first kappa shape index (κ1) is 15.4. The van der Waals surface area contributed by atoms with Crippen molar-refractivity contribution < 1.29 is 9.53 Å². The molecule has 0 bridgehead atoms. The van der Waals surface area contributed by atoms with E-state index in [9.17, 15) is 4.79 Å². The lowest BCUT2D eigenvalue weighted by Crippen LogP contribution is -2.12. The third kappa shape index (κ3) is 3.74. The molecule has 5 heteroatoms. The van der Waals surface area contributed by atoms with Crippen LogP contribution in [0.5, 0.6) is 11.5 Å². The molecule has 2 rings (SSSR count). The second kappa shape index (κ2) is 6.61. The van der Waals surface area contributed by atoms with Gasteiger partial charge in [0.1, 0.15) is 11.5 Å². The zero-order valence-electron chi connectivity index (χ0n) is 11.9. The predicted molar refractivity (Wildman–Crippen MR) is 84.0 cm³/mol. The largest absolute Gasteiger partial charge is 0.456 e. The minimum absolute atomic E-state index is 0.214. The fraction of sp³-hybridized carbons (Fsp3) is 0.188. The molecule has 1 amide bonds. The van der Waals surface area contributed by atoms with Crippen LogP contribution in [-0.4, -0.2) is 13.0 Å². The van der Waals surface area contributed by atoms with E-state index in [4.69, 9.17) is 22.1 Å². The van der Waals surface area contributed by atoms with E-state index in [1.807, 2.05) is 25.2 Å². The van der Waals surface area contributed by atoms with Crippen LogP contribution in [0.4, 0.5) is 0 Å². The average Bonchev–Trinajstić information content (AvgIpc) is 2.49. The summed E-state index contributed by atoms with van der Waals surface area (Å²) >= 11 is 6.24. The molecule has 0 aliphatic heterocycles. The summed E-state index contributed by atoms with van der Waals surface area (Å²) in [7, 11) is 1.89. The molecule has 0 saturated carbocycles. The molecule has 0 spiro atoms. The Labute approximate surface area is 128 Å². The molecule has 0 saturated heterocycles. The Bertz CT molecular complexity index is 641. The summed E-state index contributed by atoms with van der Waals surface area (Å²) in [5.74, 6) is 0.692. The number of amides is 1. The van der Waals surface area contributed by atoms with Gasteiger partial charge >= 0.3 is 0 Å². The Balaban J connectivity index is 2.17. The lowest BCUT2D eigenvalue weighted by Gasteiger charge is -2.13. The fourth-order valence-electron chi connectivity index (χ4n) is 1.85. The lowest BCUT2D eigenvalue weighted by molar-refractivity contribution is 0.100. The van der Waals surface area contributed by atoms with Gasteiger partial charge in [0.2, 0.25) is 5.91 Å². The van der Waals surface area contributed by atoms with Crippen LogP contribution in [0.3, 0.4) is 0 Å². The molecule has 4 nitrogen and oxygen atoms in total. The summed E-state index contributed by atoms with van der Waals surface area (Å²) in [5, 5.41) is 3.69. The summed E-state index contributed by atoms with van der Waals surface area (Å²) < 4.78 is 5.71. The van der Waals surface area contributed by atoms with Crippen LogP contribution in [0.1, 0.15) is 28.9 Å². The second-order valence-electron chi connectivity index (χ2n) is 4.69. The third-order valence-corrected chi connectivity index (χ3v) is 3.55. The molecule has 3 N–H and O–H groups in total. The first-order chi connectivity index (χ1) is 10.0. The summed E-state index contributed by atoms with van der Waals surface area (Å²) in [6.07, 6.45) is 0. The third-order valence-electron chi connectivity index (χ3n) is 3.26. The number of primary amides is 1. The number of hydrogen-bond donors (Lipinski definition) is 2. The number of nitrogens with one attached hydrogen (secondary N) is 1. The highest BCUT2D eigenvalue weighted by atomic mass is 35.5. The first-order valence-electron chi connectivity index (χ1n) is 6.55. The van der Waals surface area contributed by atoms with Gasteiger partial charge in [-0.3, -0.25) is 4.79 Å². The van der Waals surface area contributed by atoms with Gasteiger partial charge in [-0.1, -0.05) is 17.7 Å². The highest BCUT2D eigenvalue weighted by Gasteiger charge is 2.08. The van der Waals surface area contributed by atoms with Crippen LogP contribution >= 0.6 is 11.6 Å². The summed E-state index contributed by atoms with van der Waals surface area (Å²) in [4.78, 5) is 11.0.